The Kier molecular flexibility index (Phi) is 6.10. The topological polar surface area (TPSA) is 101 Å². The molecule has 0 bridgehead atoms. The Morgan fingerprint density at radius 1 is 1.29 bits per heavy atom. The van der Waals surface area contributed by atoms with Crippen LogP contribution in [0.25, 0.3) is 0 Å². The van der Waals surface area contributed by atoms with Crippen LogP contribution in [0, 0.1) is 0 Å². The molecule has 0 aromatic heterocycles. The van der Waals surface area contributed by atoms with Gasteiger partial charge in [-0.3, -0.25) is 14.4 Å². The minimum Gasteiger partial charge on any atom is -0.368 e. The van der Waals surface area contributed by atoms with Crippen LogP contribution in [0.3, 0.4) is 0 Å². The Balaban J connectivity index is 2.76. The number of benzene rings is 1. The smallest absolute Gasteiger partial charge is 0.251 e. The lowest BCUT2D eigenvalue weighted by Crippen LogP contribution is -2.44. The van der Waals surface area contributed by atoms with Crippen LogP contribution in [0.2, 0.25) is 0 Å². The van der Waals surface area contributed by atoms with E-state index in [1.165, 1.54) is 6.92 Å². The predicted octanol–water partition coefficient (Wildman–Crippen LogP) is 1.53. The second kappa shape index (κ2) is 7.58. The van der Waals surface area contributed by atoms with Crippen LogP contribution >= 0.6 is 15.9 Å². The largest absolute Gasteiger partial charge is 0.368 e. The van der Waals surface area contributed by atoms with E-state index >= 15 is 0 Å². The Hall–Kier alpha value is -2.15. The molecule has 0 fully saturated rings. The first-order valence-corrected chi connectivity index (χ1v) is 6.90. The molecule has 1 aromatic rings. The normalized spacial score (nSPS) is 11.3. The third-order valence-corrected chi connectivity index (χ3v) is 2.87. The molecule has 0 saturated carbocycles. The molecule has 0 aliphatic carbocycles. The molecule has 21 heavy (non-hydrogen) atoms. The molecule has 0 saturated heterocycles. The molecule has 1 rings (SSSR count). The van der Waals surface area contributed by atoms with Gasteiger partial charge in [-0.1, -0.05) is 22.5 Å². The molecule has 0 aliphatic rings. The van der Waals surface area contributed by atoms with Crippen LogP contribution in [0.5, 0.6) is 0 Å². The summed E-state index contributed by atoms with van der Waals surface area (Å²) in [7, 11) is 0. The zero-order valence-corrected chi connectivity index (χ0v) is 13.1. The number of nitrogens with two attached hydrogens (primary N) is 1. The molecule has 1 aromatic carbocycles. The van der Waals surface area contributed by atoms with Gasteiger partial charge in [0.05, 0.1) is 0 Å². The van der Waals surface area contributed by atoms with Gasteiger partial charge < -0.3 is 16.4 Å². The summed E-state index contributed by atoms with van der Waals surface area (Å²) in [5.74, 6) is -1.27. The highest BCUT2D eigenvalue weighted by atomic mass is 79.9. The lowest BCUT2D eigenvalue weighted by Gasteiger charge is -2.15. The van der Waals surface area contributed by atoms with E-state index < -0.39 is 17.9 Å². The van der Waals surface area contributed by atoms with E-state index in [-0.39, 0.29) is 12.3 Å². The average Bonchev–Trinajstić information content (AvgIpc) is 2.37. The van der Waals surface area contributed by atoms with Crippen molar-refractivity contribution >= 4 is 39.3 Å². The third-order valence-electron chi connectivity index (χ3n) is 2.54. The van der Waals surface area contributed by atoms with Crippen LogP contribution < -0.4 is 16.4 Å². The summed E-state index contributed by atoms with van der Waals surface area (Å²) in [6.07, 6.45) is 0.213. The Morgan fingerprint density at radius 3 is 2.29 bits per heavy atom. The van der Waals surface area contributed by atoms with Crippen molar-refractivity contribution < 1.29 is 14.4 Å². The first kappa shape index (κ1) is 16.9. The number of rotatable bonds is 6. The zero-order chi connectivity index (χ0) is 16.0. The van der Waals surface area contributed by atoms with Gasteiger partial charge in [0.25, 0.3) is 5.91 Å². The van der Waals surface area contributed by atoms with Crippen LogP contribution in [0.4, 0.5) is 5.69 Å². The van der Waals surface area contributed by atoms with Crippen molar-refractivity contribution in [2.45, 2.75) is 19.4 Å². The molecular weight excluding hydrogens is 338 g/mol. The van der Waals surface area contributed by atoms with Gasteiger partial charge in [-0.25, -0.2) is 0 Å². The average molecular weight is 354 g/mol. The van der Waals surface area contributed by atoms with Crippen molar-refractivity contribution in [1.82, 2.24) is 5.32 Å². The number of anilines is 1. The van der Waals surface area contributed by atoms with E-state index in [1.807, 2.05) is 0 Å². The Bertz CT molecular complexity index is 569. The maximum Gasteiger partial charge on any atom is 0.251 e. The lowest BCUT2D eigenvalue weighted by atomic mass is 10.1. The molecule has 1 atom stereocenters. The summed E-state index contributed by atoms with van der Waals surface area (Å²) >= 11 is 3.13. The number of primary amides is 1. The second-order valence-electron chi connectivity index (χ2n) is 4.41. The zero-order valence-electron chi connectivity index (χ0n) is 11.5. The Labute approximate surface area is 130 Å². The van der Waals surface area contributed by atoms with E-state index in [1.54, 1.807) is 24.3 Å². The van der Waals surface area contributed by atoms with Gasteiger partial charge in [0.15, 0.2) is 0 Å². The van der Waals surface area contributed by atoms with E-state index in [9.17, 15) is 14.4 Å². The number of hydrogen-bond donors (Lipinski definition) is 3. The standard InChI is InChI=1S/C14H16BrN3O3/c1-8(15)7-12(13(16)20)18-14(21)10-3-5-11(6-4-10)17-9(2)19/h3-6,12H,1,7H2,2H3,(H2,16,20)(H,17,19)(H,18,21)/t12-/m0/s1. The van der Waals surface area contributed by atoms with Crippen molar-refractivity contribution in [2.75, 3.05) is 5.32 Å². The highest BCUT2D eigenvalue weighted by molar-refractivity contribution is 9.11. The first-order valence-electron chi connectivity index (χ1n) is 6.10. The van der Waals surface area contributed by atoms with Crippen molar-refractivity contribution in [3.8, 4) is 0 Å². The van der Waals surface area contributed by atoms with E-state index in [4.69, 9.17) is 5.73 Å². The second-order valence-corrected chi connectivity index (χ2v) is 5.53. The molecule has 112 valence electrons. The molecule has 0 spiro atoms. The summed E-state index contributed by atoms with van der Waals surface area (Å²) in [5, 5.41) is 5.13. The summed E-state index contributed by atoms with van der Waals surface area (Å²) in [6.45, 7) is 5.01. The minimum atomic E-state index is -0.834. The summed E-state index contributed by atoms with van der Waals surface area (Å²) < 4.78 is 0.563. The molecule has 0 heterocycles. The monoisotopic (exact) mass is 353 g/mol. The summed E-state index contributed by atoms with van der Waals surface area (Å²) in [6, 6.07) is 5.45. The van der Waals surface area contributed by atoms with Gasteiger partial charge in [-0.2, -0.15) is 0 Å². The number of carbonyl (C=O) groups excluding carboxylic acids is 3. The van der Waals surface area contributed by atoms with Crippen molar-refractivity contribution in [1.29, 1.82) is 0 Å². The van der Waals surface area contributed by atoms with Gasteiger partial charge in [0, 0.05) is 24.6 Å². The molecular formula is C14H16BrN3O3. The van der Waals surface area contributed by atoms with E-state index in [0.29, 0.717) is 15.7 Å². The fourth-order valence-electron chi connectivity index (χ4n) is 1.59. The maximum atomic E-state index is 12.0. The summed E-state index contributed by atoms with van der Waals surface area (Å²) in [4.78, 5) is 34.2. The van der Waals surface area contributed by atoms with E-state index in [2.05, 4.69) is 33.1 Å². The quantitative estimate of drug-likeness (QED) is 0.722. The SMILES string of the molecule is C=C(Br)C[C@H](NC(=O)c1ccc(NC(C)=O)cc1)C(N)=O. The highest BCUT2D eigenvalue weighted by Crippen LogP contribution is 2.12. The van der Waals surface area contributed by atoms with E-state index in [0.717, 1.165) is 0 Å². The van der Waals surface area contributed by atoms with Gasteiger partial charge in [0.2, 0.25) is 11.8 Å². The highest BCUT2D eigenvalue weighted by Gasteiger charge is 2.19. The number of amides is 3. The van der Waals surface area contributed by atoms with Crippen molar-refractivity contribution in [3.05, 3.63) is 40.9 Å². The van der Waals surface area contributed by atoms with Crippen molar-refractivity contribution in [3.63, 3.8) is 0 Å². The minimum absolute atomic E-state index is 0.197. The van der Waals surface area contributed by atoms with Crippen LogP contribution in [-0.4, -0.2) is 23.8 Å². The van der Waals surface area contributed by atoms with Crippen LogP contribution in [0.1, 0.15) is 23.7 Å². The van der Waals surface area contributed by atoms with Gasteiger partial charge in [0.1, 0.15) is 6.04 Å². The summed E-state index contributed by atoms with van der Waals surface area (Å²) in [5.41, 5.74) is 6.17. The van der Waals surface area contributed by atoms with Crippen molar-refractivity contribution in [2.24, 2.45) is 5.73 Å². The molecule has 0 unspecified atom stereocenters. The van der Waals surface area contributed by atoms with Crippen LogP contribution in [-0.2, 0) is 9.59 Å². The fourth-order valence-corrected chi connectivity index (χ4v) is 1.92. The molecule has 0 radical (unpaired) electrons. The van der Waals surface area contributed by atoms with Gasteiger partial charge >= 0.3 is 0 Å². The first-order chi connectivity index (χ1) is 9.79. The molecule has 7 heteroatoms. The molecule has 6 nitrogen and oxygen atoms in total. The molecule has 0 aliphatic heterocycles. The van der Waals surface area contributed by atoms with Gasteiger partial charge in [-0.15, -0.1) is 0 Å². The molecule has 4 N–H and O–H groups in total. The van der Waals surface area contributed by atoms with Gasteiger partial charge in [-0.05, 0) is 28.7 Å². The predicted molar refractivity (Wildman–Crippen MR) is 83.9 cm³/mol. The number of nitrogens with one attached hydrogen (secondary N) is 2. The lowest BCUT2D eigenvalue weighted by molar-refractivity contribution is -0.119. The molecule has 3 amide bonds. The Morgan fingerprint density at radius 2 is 1.86 bits per heavy atom. The number of carbonyl (C=O) groups is 3. The third kappa shape index (κ3) is 5.78. The van der Waals surface area contributed by atoms with Crippen LogP contribution in [0.15, 0.2) is 35.3 Å². The maximum absolute atomic E-state index is 12.0. The number of hydrogen-bond acceptors (Lipinski definition) is 3. The fraction of sp³-hybridized carbons (Fsp3) is 0.214. The number of halogens is 1.